The summed E-state index contributed by atoms with van der Waals surface area (Å²) in [6.07, 6.45) is 1.09. The van der Waals surface area contributed by atoms with Crippen LogP contribution in [0.5, 0.6) is 0 Å². The Morgan fingerprint density at radius 1 is 0.950 bits per heavy atom. The molecule has 2 aromatic rings. The molecular formula is C18H22N2. The van der Waals surface area contributed by atoms with Crippen LogP contribution in [0.15, 0.2) is 42.5 Å². The molecule has 104 valence electrons. The summed E-state index contributed by atoms with van der Waals surface area (Å²) in [7, 11) is 4.31. The largest absolute Gasteiger partial charge is 0.345 e. The molecule has 0 amide bonds. The van der Waals surface area contributed by atoms with Gasteiger partial charge in [0.15, 0.2) is 0 Å². The summed E-state index contributed by atoms with van der Waals surface area (Å²) < 4.78 is 0. The van der Waals surface area contributed by atoms with E-state index in [4.69, 9.17) is 0 Å². The molecule has 0 aliphatic carbocycles. The van der Waals surface area contributed by atoms with Gasteiger partial charge in [-0.1, -0.05) is 25.1 Å². The summed E-state index contributed by atoms with van der Waals surface area (Å²) in [5.41, 5.74) is 6.82. The zero-order chi connectivity index (χ0) is 14.1. The lowest BCUT2D eigenvalue weighted by Crippen LogP contribution is -2.10. The lowest BCUT2D eigenvalue weighted by Gasteiger charge is -2.20. The maximum absolute atomic E-state index is 2.35. The third kappa shape index (κ3) is 2.44. The smallest absolute Gasteiger partial charge is 0.0411 e. The molecule has 1 aliphatic heterocycles. The maximum Gasteiger partial charge on any atom is 0.0411 e. The fourth-order valence-electron chi connectivity index (χ4n) is 2.86. The van der Waals surface area contributed by atoms with Crippen molar-refractivity contribution in [3.05, 3.63) is 59.2 Å². The molecule has 0 unspecified atom stereocenters. The van der Waals surface area contributed by atoms with Crippen LogP contribution in [0.2, 0.25) is 0 Å². The highest BCUT2D eigenvalue weighted by molar-refractivity contribution is 5.64. The van der Waals surface area contributed by atoms with E-state index in [2.05, 4.69) is 73.3 Å². The van der Waals surface area contributed by atoms with E-state index in [-0.39, 0.29) is 0 Å². The molecule has 0 fully saturated rings. The highest BCUT2D eigenvalue weighted by Gasteiger charge is 2.16. The quantitative estimate of drug-likeness (QED) is 0.829. The summed E-state index contributed by atoms with van der Waals surface area (Å²) in [4.78, 5) is 4.61. The number of hydrogen-bond acceptors (Lipinski definition) is 2. The molecule has 2 heteroatoms. The van der Waals surface area contributed by atoms with E-state index in [1.54, 1.807) is 0 Å². The molecule has 0 N–H and O–H groups in total. The predicted octanol–water partition coefficient (Wildman–Crippen LogP) is 3.96. The van der Waals surface area contributed by atoms with Gasteiger partial charge in [-0.25, -0.2) is 0 Å². The van der Waals surface area contributed by atoms with Crippen LogP contribution in [-0.2, 0) is 19.5 Å². The minimum atomic E-state index is 1.06. The minimum absolute atomic E-state index is 1.06. The lowest BCUT2D eigenvalue weighted by atomic mass is 10.1. The fraction of sp³-hybridized carbons (Fsp3) is 0.333. The molecule has 0 bridgehead atoms. The lowest BCUT2D eigenvalue weighted by molar-refractivity contribution is 0.353. The van der Waals surface area contributed by atoms with Gasteiger partial charge in [0.25, 0.3) is 0 Å². The molecule has 0 saturated carbocycles. The van der Waals surface area contributed by atoms with E-state index < -0.39 is 0 Å². The number of nitrogens with zero attached hydrogens (tertiary/aromatic N) is 2. The second-order valence-corrected chi connectivity index (χ2v) is 5.70. The van der Waals surface area contributed by atoms with Crippen LogP contribution in [0.1, 0.15) is 23.6 Å². The average Bonchev–Trinajstić information content (AvgIpc) is 2.85. The topological polar surface area (TPSA) is 6.48 Å². The van der Waals surface area contributed by atoms with Gasteiger partial charge in [0.1, 0.15) is 0 Å². The fourth-order valence-corrected chi connectivity index (χ4v) is 2.86. The van der Waals surface area contributed by atoms with Gasteiger partial charge in [-0.3, -0.25) is 4.90 Å². The standard InChI is InChI=1S/C18H22N2/c1-4-14-5-8-17(9-6-14)20(3)18-10-7-15-12-19(2)13-16(15)11-18/h5-11H,4,12-13H2,1-3H3. The van der Waals surface area contributed by atoms with Crippen LogP contribution in [0, 0.1) is 0 Å². The van der Waals surface area contributed by atoms with E-state index in [0.29, 0.717) is 0 Å². The van der Waals surface area contributed by atoms with Gasteiger partial charge in [0.05, 0.1) is 0 Å². The van der Waals surface area contributed by atoms with Gasteiger partial charge in [-0.05, 0) is 54.4 Å². The van der Waals surface area contributed by atoms with Crippen molar-refractivity contribution in [1.82, 2.24) is 4.90 Å². The second kappa shape index (κ2) is 5.29. The van der Waals surface area contributed by atoms with Crippen molar-refractivity contribution in [2.75, 3.05) is 19.0 Å². The monoisotopic (exact) mass is 266 g/mol. The van der Waals surface area contributed by atoms with Crippen LogP contribution in [0.4, 0.5) is 11.4 Å². The third-order valence-electron chi connectivity index (χ3n) is 4.19. The van der Waals surface area contributed by atoms with Crippen molar-refractivity contribution in [3.8, 4) is 0 Å². The number of anilines is 2. The maximum atomic E-state index is 2.35. The van der Waals surface area contributed by atoms with E-state index in [1.807, 2.05) is 0 Å². The first-order valence-corrected chi connectivity index (χ1v) is 7.30. The Hall–Kier alpha value is -1.80. The molecule has 1 heterocycles. The van der Waals surface area contributed by atoms with Gasteiger partial charge in [-0.15, -0.1) is 0 Å². The van der Waals surface area contributed by atoms with E-state index >= 15 is 0 Å². The summed E-state index contributed by atoms with van der Waals surface area (Å²) in [5, 5.41) is 0. The molecule has 2 nitrogen and oxygen atoms in total. The molecule has 3 rings (SSSR count). The Morgan fingerprint density at radius 2 is 1.60 bits per heavy atom. The summed E-state index contributed by atoms with van der Waals surface area (Å²) in [6, 6.07) is 15.7. The van der Waals surface area contributed by atoms with Crippen LogP contribution in [0.3, 0.4) is 0 Å². The van der Waals surface area contributed by atoms with Gasteiger partial charge in [-0.2, -0.15) is 0 Å². The van der Waals surface area contributed by atoms with Gasteiger partial charge in [0, 0.05) is 31.5 Å². The average molecular weight is 266 g/mol. The van der Waals surface area contributed by atoms with Crippen molar-refractivity contribution in [3.63, 3.8) is 0 Å². The Balaban J connectivity index is 1.86. The summed E-state index contributed by atoms with van der Waals surface area (Å²) >= 11 is 0. The van der Waals surface area contributed by atoms with E-state index in [1.165, 1.54) is 28.1 Å². The summed E-state index contributed by atoms with van der Waals surface area (Å²) in [5.74, 6) is 0. The van der Waals surface area contributed by atoms with Crippen molar-refractivity contribution in [2.24, 2.45) is 0 Å². The second-order valence-electron chi connectivity index (χ2n) is 5.70. The van der Waals surface area contributed by atoms with Crippen molar-refractivity contribution >= 4 is 11.4 Å². The van der Waals surface area contributed by atoms with E-state index in [9.17, 15) is 0 Å². The highest BCUT2D eigenvalue weighted by Crippen LogP contribution is 2.29. The SMILES string of the molecule is CCc1ccc(N(C)c2ccc3c(c2)CN(C)C3)cc1. The van der Waals surface area contributed by atoms with Gasteiger partial charge < -0.3 is 4.90 Å². The molecule has 0 saturated heterocycles. The highest BCUT2D eigenvalue weighted by atomic mass is 15.1. The number of fused-ring (bicyclic) bond motifs is 1. The van der Waals surface area contributed by atoms with Gasteiger partial charge in [0.2, 0.25) is 0 Å². The molecule has 1 aliphatic rings. The Bertz CT molecular complexity index is 601. The Morgan fingerprint density at radius 3 is 2.30 bits per heavy atom. The third-order valence-corrected chi connectivity index (χ3v) is 4.19. The minimum Gasteiger partial charge on any atom is -0.345 e. The molecule has 20 heavy (non-hydrogen) atoms. The van der Waals surface area contributed by atoms with Crippen LogP contribution < -0.4 is 4.90 Å². The summed E-state index contributed by atoms with van der Waals surface area (Å²) in [6.45, 7) is 4.33. The first-order valence-electron chi connectivity index (χ1n) is 7.30. The molecule has 0 radical (unpaired) electrons. The zero-order valence-electron chi connectivity index (χ0n) is 12.6. The molecule has 0 atom stereocenters. The van der Waals surface area contributed by atoms with Crippen LogP contribution >= 0.6 is 0 Å². The molecule has 0 spiro atoms. The number of aryl methyl sites for hydroxylation is 1. The predicted molar refractivity (Wildman–Crippen MR) is 85.5 cm³/mol. The van der Waals surface area contributed by atoms with E-state index in [0.717, 1.165) is 19.5 Å². The van der Waals surface area contributed by atoms with Crippen LogP contribution in [0.25, 0.3) is 0 Å². The molecule has 0 aromatic heterocycles. The zero-order valence-corrected chi connectivity index (χ0v) is 12.6. The number of hydrogen-bond donors (Lipinski definition) is 0. The van der Waals surface area contributed by atoms with Crippen molar-refractivity contribution in [1.29, 1.82) is 0 Å². The molecule has 2 aromatic carbocycles. The Kier molecular flexibility index (Phi) is 3.49. The first kappa shape index (κ1) is 13.2. The Labute approximate surface area is 121 Å². The van der Waals surface area contributed by atoms with Crippen LogP contribution in [-0.4, -0.2) is 19.0 Å². The molecular weight excluding hydrogens is 244 g/mol. The van der Waals surface area contributed by atoms with Gasteiger partial charge >= 0.3 is 0 Å². The number of rotatable bonds is 3. The first-order chi connectivity index (χ1) is 9.67. The van der Waals surface area contributed by atoms with Crippen molar-refractivity contribution in [2.45, 2.75) is 26.4 Å². The van der Waals surface area contributed by atoms with Crippen molar-refractivity contribution < 1.29 is 0 Å². The normalized spacial score (nSPS) is 14.3. The number of benzene rings is 2.